The molecule has 0 aromatic heterocycles. The monoisotopic (exact) mass is 535 g/mol. The molecule has 0 aliphatic carbocycles. The number of amides is 2. The van der Waals surface area contributed by atoms with Crippen molar-refractivity contribution in [3.8, 4) is 0 Å². The van der Waals surface area contributed by atoms with Gasteiger partial charge in [-0.2, -0.15) is 0 Å². The van der Waals surface area contributed by atoms with Crippen molar-refractivity contribution in [2.75, 3.05) is 47.8 Å². The van der Waals surface area contributed by atoms with Crippen LogP contribution in [0.5, 0.6) is 0 Å². The number of rotatable bonds is 22. The molecule has 0 rings (SSSR count). The SMILES string of the molecule is C=C(C)NC(C)CCC(=O)[N+](C)(C)CCCC(=C)NC(C)CCC(=O)[N+](C)(C)CCCC(=C)NCCCC. The van der Waals surface area contributed by atoms with Crippen LogP contribution in [0.2, 0.25) is 0 Å². The zero-order valence-corrected chi connectivity index (χ0v) is 26.2. The third-order valence-corrected chi connectivity index (χ3v) is 7.17. The molecule has 2 amide bonds. The van der Waals surface area contributed by atoms with Gasteiger partial charge in [0.15, 0.2) is 0 Å². The summed E-state index contributed by atoms with van der Waals surface area (Å²) < 4.78 is 0.783. The summed E-state index contributed by atoms with van der Waals surface area (Å²) in [5, 5.41) is 10.1. The van der Waals surface area contributed by atoms with Crippen molar-refractivity contribution in [3.05, 3.63) is 36.8 Å². The number of carbonyl (C=O) groups is 2. The van der Waals surface area contributed by atoms with Crippen molar-refractivity contribution in [1.29, 1.82) is 0 Å². The van der Waals surface area contributed by atoms with Crippen molar-refractivity contribution in [2.45, 2.75) is 104 Å². The Hall–Kier alpha value is -2.12. The Bertz CT molecular complexity index is 772. The zero-order chi connectivity index (χ0) is 29.4. The first-order valence-corrected chi connectivity index (χ1v) is 14.6. The number of nitrogens with one attached hydrogen (secondary N) is 3. The molecular formula is C31H61N5O2+2. The van der Waals surface area contributed by atoms with Gasteiger partial charge in [-0.25, -0.2) is 9.59 Å². The fourth-order valence-electron chi connectivity index (χ4n) is 4.43. The van der Waals surface area contributed by atoms with E-state index in [9.17, 15) is 9.59 Å². The third-order valence-electron chi connectivity index (χ3n) is 7.17. The lowest BCUT2D eigenvalue weighted by molar-refractivity contribution is -0.814. The van der Waals surface area contributed by atoms with Crippen molar-refractivity contribution in [1.82, 2.24) is 16.0 Å². The number of allylic oxidation sites excluding steroid dienone is 3. The van der Waals surface area contributed by atoms with E-state index in [1.807, 2.05) is 35.1 Å². The Balaban J connectivity index is 4.28. The van der Waals surface area contributed by atoms with E-state index in [-0.39, 0.29) is 23.9 Å². The molecule has 0 aliphatic heterocycles. The highest BCUT2D eigenvalue weighted by atomic mass is 16.2. The zero-order valence-electron chi connectivity index (χ0n) is 26.2. The van der Waals surface area contributed by atoms with Crippen molar-refractivity contribution in [2.24, 2.45) is 0 Å². The average molecular weight is 536 g/mol. The molecule has 0 saturated carbocycles. The summed E-state index contributed by atoms with van der Waals surface area (Å²) in [5.74, 6) is 0.516. The van der Waals surface area contributed by atoms with Gasteiger partial charge in [0, 0.05) is 48.6 Å². The summed E-state index contributed by atoms with van der Waals surface area (Å²) in [4.78, 5) is 25.6. The Morgan fingerprint density at radius 2 is 1.16 bits per heavy atom. The van der Waals surface area contributed by atoms with Crippen molar-refractivity contribution in [3.63, 3.8) is 0 Å². The van der Waals surface area contributed by atoms with E-state index >= 15 is 0 Å². The van der Waals surface area contributed by atoms with Gasteiger partial charge < -0.3 is 16.0 Å². The lowest BCUT2D eigenvalue weighted by Crippen LogP contribution is -2.47. The number of quaternary nitrogens is 2. The summed E-state index contributed by atoms with van der Waals surface area (Å²) in [6.45, 7) is 23.0. The van der Waals surface area contributed by atoms with E-state index < -0.39 is 0 Å². The number of unbranched alkanes of at least 4 members (excludes halogenated alkanes) is 1. The van der Waals surface area contributed by atoms with E-state index in [0.29, 0.717) is 21.8 Å². The molecule has 0 aliphatic rings. The van der Waals surface area contributed by atoms with Crippen molar-refractivity contribution >= 4 is 11.8 Å². The molecular weight excluding hydrogens is 474 g/mol. The molecule has 0 spiro atoms. The Morgan fingerprint density at radius 3 is 1.61 bits per heavy atom. The molecule has 0 radical (unpaired) electrons. The molecule has 2 atom stereocenters. The Kier molecular flexibility index (Phi) is 17.2. The van der Waals surface area contributed by atoms with Crippen LogP contribution in [0.3, 0.4) is 0 Å². The van der Waals surface area contributed by atoms with E-state index in [1.165, 1.54) is 6.42 Å². The van der Waals surface area contributed by atoms with Crippen LogP contribution in [-0.2, 0) is 9.59 Å². The molecule has 3 N–H and O–H groups in total. The second-order valence-electron chi connectivity index (χ2n) is 12.2. The largest absolute Gasteiger partial charge is 0.389 e. The van der Waals surface area contributed by atoms with Gasteiger partial charge in [0.2, 0.25) is 0 Å². The van der Waals surface area contributed by atoms with Crippen molar-refractivity contribution < 1.29 is 18.6 Å². The molecule has 0 saturated heterocycles. The van der Waals surface area contributed by atoms with Gasteiger partial charge in [0.05, 0.1) is 54.1 Å². The summed E-state index contributed by atoms with van der Waals surface area (Å²) in [7, 11) is 7.99. The molecule has 7 heteroatoms. The smallest absolute Gasteiger partial charge is 0.313 e. The van der Waals surface area contributed by atoms with E-state index in [0.717, 1.165) is 81.7 Å². The first kappa shape index (κ1) is 35.9. The maximum Gasteiger partial charge on any atom is 0.313 e. The molecule has 220 valence electrons. The Morgan fingerprint density at radius 1 is 0.711 bits per heavy atom. The second kappa shape index (κ2) is 18.2. The molecule has 0 bridgehead atoms. The van der Waals surface area contributed by atoms with Gasteiger partial charge in [-0.15, -0.1) is 0 Å². The highest BCUT2D eigenvalue weighted by molar-refractivity contribution is 5.69. The number of hydrogen-bond acceptors (Lipinski definition) is 5. The highest BCUT2D eigenvalue weighted by Crippen LogP contribution is 2.13. The Labute approximate surface area is 235 Å². The minimum atomic E-state index is 0.181. The fraction of sp³-hybridized carbons (Fsp3) is 0.742. The predicted molar refractivity (Wildman–Crippen MR) is 162 cm³/mol. The van der Waals surface area contributed by atoms with Crippen LogP contribution >= 0.6 is 0 Å². The van der Waals surface area contributed by atoms with Crippen LogP contribution in [0, 0.1) is 0 Å². The van der Waals surface area contributed by atoms with Gasteiger partial charge in [0.25, 0.3) is 0 Å². The molecule has 2 unspecified atom stereocenters. The van der Waals surface area contributed by atoms with Crippen LogP contribution in [0.15, 0.2) is 36.8 Å². The molecule has 0 heterocycles. The molecule has 38 heavy (non-hydrogen) atoms. The van der Waals surface area contributed by atoms with Crippen LogP contribution in [0.1, 0.15) is 91.9 Å². The number of hydrogen-bond donors (Lipinski definition) is 3. The van der Waals surface area contributed by atoms with Crippen LogP contribution in [0.4, 0.5) is 0 Å². The minimum absolute atomic E-state index is 0.181. The van der Waals surface area contributed by atoms with E-state index in [1.54, 1.807) is 0 Å². The molecule has 0 fully saturated rings. The normalized spacial score (nSPS) is 13.4. The second-order valence-corrected chi connectivity index (χ2v) is 12.2. The number of nitrogens with zero attached hydrogens (tertiary/aromatic N) is 2. The first-order valence-electron chi connectivity index (χ1n) is 14.6. The molecule has 0 aromatic rings. The fourth-order valence-corrected chi connectivity index (χ4v) is 4.43. The maximum atomic E-state index is 12.9. The lowest BCUT2D eigenvalue weighted by Gasteiger charge is -2.28. The number of carbonyl (C=O) groups excluding carboxylic acids is 2. The standard InChI is InChI=1S/C31H61N5O2/c1-12-13-22-32-26(4)16-14-23-35(8,9)31(38)21-19-29(7)34-27(5)17-15-24-36(10,11)30(37)20-18-28(6)33-25(2)3/h28-29,32-34H,2,4-5,12-24H2,1,3,6-11H3/q+2. The first-order chi connectivity index (χ1) is 17.6. The summed E-state index contributed by atoms with van der Waals surface area (Å²) in [6, 6.07) is 0.427. The average Bonchev–Trinajstić information content (AvgIpc) is 2.80. The molecule has 0 aromatic carbocycles. The van der Waals surface area contributed by atoms with E-state index in [2.05, 4.69) is 56.5 Å². The summed E-state index contributed by atoms with van der Waals surface area (Å²) >= 11 is 0. The maximum absolute atomic E-state index is 12.9. The summed E-state index contributed by atoms with van der Waals surface area (Å²) in [5.41, 5.74) is 2.97. The molecule has 7 nitrogen and oxygen atoms in total. The van der Waals surface area contributed by atoms with Gasteiger partial charge in [-0.1, -0.05) is 33.1 Å². The summed E-state index contributed by atoms with van der Waals surface area (Å²) in [6.07, 6.45) is 8.57. The quantitative estimate of drug-likeness (QED) is 0.131. The lowest BCUT2D eigenvalue weighted by atomic mass is 10.1. The van der Waals surface area contributed by atoms with E-state index in [4.69, 9.17) is 0 Å². The van der Waals surface area contributed by atoms with Crippen LogP contribution in [-0.4, -0.2) is 80.7 Å². The van der Waals surface area contributed by atoms with Crippen LogP contribution in [0.25, 0.3) is 0 Å². The minimum Gasteiger partial charge on any atom is -0.389 e. The highest BCUT2D eigenvalue weighted by Gasteiger charge is 2.27. The van der Waals surface area contributed by atoms with Gasteiger partial charge in [-0.3, -0.25) is 8.97 Å². The third kappa shape index (κ3) is 16.7. The van der Waals surface area contributed by atoms with Crippen LogP contribution < -0.4 is 16.0 Å². The predicted octanol–water partition coefficient (Wildman–Crippen LogP) is 5.22. The topological polar surface area (TPSA) is 70.2 Å². The van der Waals surface area contributed by atoms with Gasteiger partial charge >= 0.3 is 11.8 Å². The van der Waals surface area contributed by atoms with Gasteiger partial charge in [-0.05, 0) is 52.9 Å². The van der Waals surface area contributed by atoms with Gasteiger partial charge in [0.1, 0.15) is 0 Å².